The van der Waals surface area contributed by atoms with Gasteiger partial charge in [0.05, 0.1) is 0 Å². The molecule has 3 nitrogen and oxygen atoms in total. The molecule has 1 heterocycles. The monoisotopic (exact) mass is 183 g/mol. The van der Waals surface area contributed by atoms with Crippen molar-refractivity contribution in [3.63, 3.8) is 0 Å². The molecule has 3 heteroatoms. The van der Waals surface area contributed by atoms with Gasteiger partial charge in [-0.3, -0.25) is 9.80 Å². The number of nitrogens with zero attached hydrogens (tertiary/aromatic N) is 3. The van der Waals surface area contributed by atoms with Gasteiger partial charge in [0, 0.05) is 46.3 Å². The van der Waals surface area contributed by atoms with Crippen LogP contribution in [0.2, 0.25) is 0 Å². The van der Waals surface area contributed by atoms with Crippen molar-refractivity contribution in [1.82, 2.24) is 14.7 Å². The summed E-state index contributed by atoms with van der Waals surface area (Å²) >= 11 is 0. The largest absolute Gasteiger partial charge is 0.301 e. The second-order valence-electron chi connectivity index (χ2n) is 3.76. The molecule has 1 fully saturated rings. The molecule has 0 aliphatic carbocycles. The maximum atomic E-state index is 5.56. The number of rotatable bonds is 4. The summed E-state index contributed by atoms with van der Waals surface area (Å²) in [7, 11) is 7.48. The van der Waals surface area contributed by atoms with E-state index >= 15 is 0 Å². The molecule has 0 atom stereocenters. The first kappa shape index (κ1) is 11.0. The highest BCUT2D eigenvalue weighted by atomic mass is 15.3. The highest BCUT2D eigenvalue weighted by Gasteiger charge is 2.14. The van der Waals surface area contributed by atoms with Crippen molar-refractivity contribution in [3.05, 3.63) is 7.05 Å². The molecule has 0 N–H and O–H groups in total. The van der Waals surface area contributed by atoms with Crippen LogP contribution in [0.5, 0.6) is 0 Å². The molecule has 0 bridgehead atoms. The summed E-state index contributed by atoms with van der Waals surface area (Å²) < 4.78 is 0. The Hall–Kier alpha value is -0.120. The van der Waals surface area contributed by atoms with Gasteiger partial charge in [0.1, 0.15) is 0 Å². The van der Waals surface area contributed by atoms with Crippen molar-refractivity contribution in [2.24, 2.45) is 0 Å². The van der Waals surface area contributed by atoms with E-state index in [2.05, 4.69) is 16.7 Å². The molecule has 1 saturated heterocycles. The Morgan fingerprint density at radius 3 is 2.15 bits per heavy atom. The van der Waals surface area contributed by atoms with Crippen LogP contribution < -0.4 is 0 Å². The van der Waals surface area contributed by atoms with Crippen molar-refractivity contribution in [1.29, 1.82) is 0 Å². The Morgan fingerprint density at radius 1 is 1.15 bits per heavy atom. The average molecular weight is 183 g/mol. The van der Waals surface area contributed by atoms with E-state index in [1.54, 1.807) is 4.90 Å². The molecule has 0 spiro atoms. The summed E-state index contributed by atoms with van der Waals surface area (Å²) in [4.78, 5) is 6.73. The van der Waals surface area contributed by atoms with Gasteiger partial charge in [-0.1, -0.05) is 6.92 Å². The van der Waals surface area contributed by atoms with E-state index in [1.807, 2.05) is 7.05 Å². The van der Waals surface area contributed by atoms with Crippen LogP contribution in [0.25, 0.3) is 0 Å². The van der Waals surface area contributed by atoms with Gasteiger partial charge in [-0.05, 0) is 13.6 Å². The number of hydrogen-bond donors (Lipinski definition) is 0. The second kappa shape index (κ2) is 5.58. The third-order valence-corrected chi connectivity index (χ3v) is 2.68. The lowest BCUT2D eigenvalue weighted by Gasteiger charge is -2.34. The molecule has 0 unspecified atom stereocenters. The quantitative estimate of drug-likeness (QED) is 0.578. The molecular weight excluding hydrogens is 162 g/mol. The first-order valence-corrected chi connectivity index (χ1v) is 5.13. The SMILES string of the molecule is [CH]N(C)CCN1CCN(CC)CC1. The lowest BCUT2D eigenvalue weighted by molar-refractivity contribution is 0.131. The van der Waals surface area contributed by atoms with Gasteiger partial charge in [0.25, 0.3) is 0 Å². The van der Waals surface area contributed by atoms with Crippen molar-refractivity contribution in [2.75, 3.05) is 52.9 Å². The minimum absolute atomic E-state index is 0.964. The molecule has 13 heavy (non-hydrogen) atoms. The van der Waals surface area contributed by atoms with Crippen LogP contribution in [0.4, 0.5) is 0 Å². The third kappa shape index (κ3) is 4.07. The molecule has 76 valence electrons. The van der Waals surface area contributed by atoms with Gasteiger partial charge in [0.15, 0.2) is 0 Å². The average Bonchev–Trinajstić information content (AvgIpc) is 2.15. The molecule has 0 aromatic carbocycles. The molecule has 0 saturated carbocycles. The smallest absolute Gasteiger partial charge is 0.0436 e. The van der Waals surface area contributed by atoms with E-state index in [-0.39, 0.29) is 0 Å². The van der Waals surface area contributed by atoms with Crippen LogP contribution in [-0.2, 0) is 0 Å². The van der Waals surface area contributed by atoms with E-state index < -0.39 is 0 Å². The van der Waals surface area contributed by atoms with E-state index in [9.17, 15) is 0 Å². The van der Waals surface area contributed by atoms with Gasteiger partial charge in [-0.25, -0.2) is 0 Å². The first-order valence-electron chi connectivity index (χ1n) is 5.13. The normalized spacial score (nSPS) is 21.2. The Kier molecular flexibility index (Phi) is 4.70. The topological polar surface area (TPSA) is 9.72 Å². The summed E-state index contributed by atoms with van der Waals surface area (Å²) in [6.07, 6.45) is 0. The highest BCUT2D eigenvalue weighted by Crippen LogP contribution is 2.00. The molecular formula is C10H21N3. The van der Waals surface area contributed by atoms with E-state index in [1.165, 1.54) is 32.7 Å². The maximum Gasteiger partial charge on any atom is 0.0436 e. The van der Waals surface area contributed by atoms with Crippen molar-refractivity contribution >= 4 is 0 Å². The van der Waals surface area contributed by atoms with Gasteiger partial charge in [-0.2, -0.15) is 0 Å². The first-order chi connectivity index (χ1) is 6.22. The van der Waals surface area contributed by atoms with Crippen molar-refractivity contribution < 1.29 is 0 Å². The molecule has 0 aromatic rings. The molecule has 1 aliphatic rings. The summed E-state index contributed by atoms with van der Waals surface area (Å²) in [5, 5.41) is 0. The Morgan fingerprint density at radius 2 is 1.69 bits per heavy atom. The fourth-order valence-electron chi connectivity index (χ4n) is 1.63. The minimum atomic E-state index is 0.964. The molecule has 2 radical (unpaired) electrons. The van der Waals surface area contributed by atoms with Crippen LogP contribution in [0.3, 0.4) is 0 Å². The lowest BCUT2D eigenvalue weighted by Crippen LogP contribution is -2.47. The maximum absolute atomic E-state index is 5.56. The van der Waals surface area contributed by atoms with E-state index in [0.29, 0.717) is 0 Å². The molecule has 1 rings (SSSR count). The third-order valence-electron chi connectivity index (χ3n) is 2.68. The van der Waals surface area contributed by atoms with E-state index in [4.69, 9.17) is 7.05 Å². The predicted molar refractivity (Wildman–Crippen MR) is 55.5 cm³/mol. The van der Waals surface area contributed by atoms with Crippen LogP contribution in [0.15, 0.2) is 0 Å². The predicted octanol–water partition coefficient (Wildman–Crippen LogP) is 0.224. The Balaban J connectivity index is 2.10. The van der Waals surface area contributed by atoms with Crippen LogP contribution in [0.1, 0.15) is 6.92 Å². The minimum Gasteiger partial charge on any atom is -0.301 e. The Labute approximate surface area is 82.3 Å². The Bertz CT molecular complexity index is 128. The summed E-state index contributed by atoms with van der Waals surface area (Å²) in [5.74, 6) is 0. The fraction of sp³-hybridized carbons (Fsp3) is 0.900. The second-order valence-corrected chi connectivity index (χ2v) is 3.76. The summed E-state index contributed by atoms with van der Waals surface area (Å²) in [6, 6.07) is 0. The summed E-state index contributed by atoms with van der Waals surface area (Å²) in [5.41, 5.74) is 0. The van der Waals surface area contributed by atoms with Gasteiger partial charge in [-0.15, -0.1) is 0 Å². The van der Waals surface area contributed by atoms with Gasteiger partial charge >= 0.3 is 0 Å². The van der Waals surface area contributed by atoms with Crippen molar-refractivity contribution in [3.8, 4) is 0 Å². The zero-order chi connectivity index (χ0) is 9.68. The number of hydrogen-bond acceptors (Lipinski definition) is 3. The van der Waals surface area contributed by atoms with Crippen LogP contribution in [0, 0.1) is 7.05 Å². The van der Waals surface area contributed by atoms with Crippen LogP contribution in [-0.4, -0.2) is 67.6 Å². The molecule has 0 aromatic heterocycles. The zero-order valence-corrected chi connectivity index (χ0v) is 8.87. The standard InChI is InChI=1S/C10H21N3/c1-4-12-7-9-13(10-8-12)6-5-11(2)3/h2H,4-10H2,1,3H3. The number of piperazine rings is 1. The zero-order valence-electron chi connectivity index (χ0n) is 8.87. The fourth-order valence-corrected chi connectivity index (χ4v) is 1.63. The van der Waals surface area contributed by atoms with Gasteiger partial charge in [0.2, 0.25) is 0 Å². The van der Waals surface area contributed by atoms with Crippen LogP contribution >= 0.6 is 0 Å². The lowest BCUT2D eigenvalue weighted by atomic mass is 10.3. The molecule has 0 amide bonds. The highest BCUT2D eigenvalue weighted by molar-refractivity contribution is 4.71. The number of likely N-dealkylation sites (N-methyl/N-ethyl adjacent to an activating group) is 2. The van der Waals surface area contributed by atoms with Gasteiger partial charge < -0.3 is 4.90 Å². The van der Waals surface area contributed by atoms with E-state index in [0.717, 1.165) is 13.1 Å². The van der Waals surface area contributed by atoms with Crippen molar-refractivity contribution in [2.45, 2.75) is 6.92 Å². The molecule has 1 aliphatic heterocycles. The summed E-state index contributed by atoms with van der Waals surface area (Å²) in [6.45, 7) is 10.3.